The lowest BCUT2D eigenvalue weighted by molar-refractivity contribution is 0.0479. The second-order valence-electron chi connectivity index (χ2n) is 10.0. The van der Waals surface area contributed by atoms with Gasteiger partial charge in [-0.05, 0) is 75.6 Å². The highest BCUT2D eigenvalue weighted by Gasteiger charge is 2.30. The quantitative estimate of drug-likeness (QED) is 0.296. The molecule has 2 heterocycles. The van der Waals surface area contributed by atoms with E-state index in [1.54, 1.807) is 49.4 Å². The standard InChI is InChI=1S/C30H26ClFO5/c1-29(2)14-12-20-23(37-29)16-24-25(26(20)33)27(34)21(28(36-24)19-6-4-5-7-22(19)31)13-15-30(3,35)17-8-10-18(32)11-9-17/h4-12,14,16,33,35H,13,15H2,1-3H3. The first kappa shape index (κ1) is 25.1. The molecule has 5 nitrogen and oxygen atoms in total. The van der Waals surface area contributed by atoms with Crippen molar-refractivity contribution >= 4 is 28.6 Å². The van der Waals surface area contributed by atoms with Crippen molar-refractivity contribution in [2.45, 2.75) is 44.8 Å². The summed E-state index contributed by atoms with van der Waals surface area (Å²) >= 11 is 6.49. The highest BCUT2D eigenvalue weighted by molar-refractivity contribution is 6.33. The van der Waals surface area contributed by atoms with E-state index in [9.17, 15) is 19.4 Å². The largest absolute Gasteiger partial charge is 0.506 e. The summed E-state index contributed by atoms with van der Waals surface area (Å²) < 4.78 is 25.7. The van der Waals surface area contributed by atoms with Gasteiger partial charge in [0.1, 0.15) is 39.6 Å². The van der Waals surface area contributed by atoms with Crippen molar-refractivity contribution < 1.29 is 23.8 Å². The molecule has 1 unspecified atom stereocenters. The number of ether oxygens (including phenoxy) is 1. The Hall–Kier alpha value is -3.61. The Morgan fingerprint density at radius 1 is 1.11 bits per heavy atom. The molecular formula is C30H26ClFO5. The molecule has 2 N–H and O–H groups in total. The molecule has 1 aliphatic heterocycles. The van der Waals surface area contributed by atoms with Gasteiger partial charge in [0.25, 0.3) is 0 Å². The molecule has 4 aromatic rings. The number of rotatable bonds is 5. The predicted molar refractivity (Wildman–Crippen MR) is 143 cm³/mol. The van der Waals surface area contributed by atoms with Crippen molar-refractivity contribution in [2.75, 3.05) is 0 Å². The van der Waals surface area contributed by atoms with Crippen LogP contribution in [-0.2, 0) is 12.0 Å². The second-order valence-corrected chi connectivity index (χ2v) is 10.5. The molecule has 0 fully saturated rings. The first-order valence-corrected chi connectivity index (χ1v) is 12.3. The lowest BCUT2D eigenvalue weighted by Gasteiger charge is -2.28. The molecule has 7 heteroatoms. The molecule has 0 saturated carbocycles. The summed E-state index contributed by atoms with van der Waals surface area (Å²) in [7, 11) is 0. The van der Waals surface area contributed by atoms with Crippen molar-refractivity contribution in [3.8, 4) is 22.8 Å². The van der Waals surface area contributed by atoms with Gasteiger partial charge in [-0.2, -0.15) is 0 Å². The zero-order valence-electron chi connectivity index (χ0n) is 20.6. The lowest BCUT2D eigenvalue weighted by Crippen LogP contribution is -2.27. The summed E-state index contributed by atoms with van der Waals surface area (Å²) in [6.45, 7) is 5.38. The third-order valence-electron chi connectivity index (χ3n) is 6.72. The van der Waals surface area contributed by atoms with E-state index in [-0.39, 0.29) is 40.9 Å². The van der Waals surface area contributed by atoms with Crippen LogP contribution in [-0.4, -0.2) is 15.8 Å². The topological polar surface area (TPSA) is 79.9 Å². The number of benzene rings is 3. The van der Waals surface area contributed by atoms with E-state index in [0.717, 1.165) is 0 Å². The Morgan fingerprint density at radius 3 is 2.51 bits per heavy atom. The summed E-state index contributed by atoms with van der Waals surface area (Å²) in [5, 5.41) is 22.7. The van der Waals surface area contributed by atoms with Gasteiger partial charge < -0.3 is 19.4 Å². The van der Waals surface area contributed by atoms with E-state index in [4.69, 9.17) is 20.8 Å². The van der Waals surface area contributed by atoms with Gasteiger partial charge in [-0.15, -0.1) is 0 Å². The fourth-order valence-corrected chi connectivity index (χ4v) is 4.84. The van der Waals surface area contributed by atoms with Crippen LogP contribution in [0, 0.1) is 5.82 Å². The van der Waals surface area contributed by atoms with E-state index in [0.29, 0.717) is 27.5 Å². The van der Waals surface area contributed by atoms with Gasteiger partial charge in [-0.1, -0.05) is 35.9 Å². The molecule has 0 radical (unpaired) electrons. The van der Waals surface area contributed by atoms with Gasteiger partial charge in [0.2, 0.25) is 0 Å². The van der Waals surface area contributed by atoms with Gasteiger partial charge in [0.15, 0.2) is 5.43 Å². The van der Waals surface area contributed by atoms with Gasteiger partial charge in [-0.25, -0.2) is 4.39 Å². The minimum absolute atomic E-state index is 0.0268. The van der Waals surface area contributed by atoms with Crippen LogP contribution in [0.2, 0.25) is 5.02 Å². The molecule has 0 saturated heterocycles. The Kier molecular flexibility index (Phi) is 6.13. The van der Waals surface area contributed by atoms with Gasteiger partial charge in [0, 0.05) is 17.2 Å². The van der Waals surface area contributed by atoms with Crippen LogP contribution in [0.5, 0.6) is 11.5 Å². The summed E-state index contributed by atoms with van der Waals surface area (Å²) in [5.74, 6) is 0.0157. The molecule has 0 spiro atoms. The molecule has 1 aliphatic rings. The predicted octanol–water partition coefficient (Wildman–Crippen LogP) is 6.98. The lowest BCUT2D eigenvalue weighted by atomic mass is 9.88. The van der Waals surface area contributed by atoms with Crippen LogP contribution in [0.15, 0.2) is 69.9 Å². The summed E-state index contributed by atoms with van der Waals surface area (Å²) in [6.07, 6.45) is 3.78. The Morgan fingerprint density at radius 2 is 1.81 bits per heavy atom. The Bertz CT molecular complexity index is 1600. The van der Waals surface area contributed by atoms with Crippen LogP contribution in [0.4, 0.5) is 4.39 Å². The molecule has 190 valence electrons. The highest BCUT2D eigenvalue weighted by Crippen LogP contribution is 2.43. The molecule has 1 aromatic heterocycles. The van der Waals surface area contributed by atoms with Crippen molar-refractivity contribution in [2.24, 2.45) is 0 Å². The van der Waals surface area contributed by atoms with Crippen LogP contribution in [0.25, 0.3) is 28.4 Å². The third-order valence-corrected chi connectivity index (χ3v) is 7.05. The molecule has 3 aromatic carbocycles. The molecule has 1 atom stereocenters. The zero-order chi connectivity index (χ0) is 26.5. The second kappa shape index (κ2) is 9.05. The first-order valence-electron chi connectivity index (χ1n) is 11.9. The first-order chi connectivity index (χ1) is 17.5. The van der Waals surface area contributed by atoms with Crippen LogP contribution in [0.3, 0.4) is 0 Å². The summed E-state index contributed by atoms with van der Waals surface area (Å²) in [5.41, 5.74) is -0.523. The van der Waals surface area contributed by atoms with E-state index in [2.05, 4.69) is 0 Å². The fourth-order valence-electron chi connectivity index (χ4n) is 4.62. The van der Waals surface area contributed by atoms with E-state index in [1.165, 1.54) is 24.3 Å². The summed E-state index contributed by atoms with van der Waals surface area (Å²) in [6, 6.07) is 14.2. The number of halogens is 2. The van der Waals surface area contributed by atoms with Crippen molar-refractivity contribution in [1.29, 1.82) is 0 Å². The molecule has 5 rings (SSSR count). The Balaban J connectivity index is 1.69. The van der Waals surface area contributed by atoms with Crippen molar-refractivity contribution in [1.82, 2.24) is 0 Å². The number of hydrogen-bond donors (Lipinski definition) is 2. The SMILES string of the molecule is CC1(C)C=Cc2c(cc3oc(-c4ccccc4Cl)c(CCC(C)(O)c4ccc(F)cc4)c(=O)c3c2O)O1. The summed E-state index contributed by atoms with van der Waals surface area (Å²) in [4.78, 5) is 13.9. The normalized spacial score (nSPS) is 15.7. The minimum atomic E-state index is -1.35. The number of aliphatic hydroxyl groups is 1. The maximum atomic E-state index is 13.9. The maximum absolute atomic E-state index is 13.9. The number of hydrogen-bond acceptors (Lipinski definition) is 5. The van der Waals surface area contributed by atoms with E-state index >= 15 is 0 Å². The zero-order valence-corrected chi connectivity index (χ0v) is 21.4. The molecule has 0 aliphatic carbocycles. The van der Waals surface area contributed by atoms with Crippen LogP contribution < -0.4 is 10.2 Å². The Labute approximate surface area is 218 Å². The maximum Gasteiger partial charge on any atom is 0.200 e. The van der Waals surface area contributed by atoms with Crippen LogP contribution in [0.1, 0.15) is 43.9 Å². The van der Waals surface area contributed by atoms with E-state index < -0.39 is 22.4 Å². The average molecular weight is 521 g/mol. The van der Waals surface area contributed by atoms with Crippen LogP contribution >= 0.6 is 11.6 Å². The number of fused-ring (bicyclic) bond motifs is 2. The number of phenolic OH excluding ortho intramolecular Hbond substituents is 1. The van der Waals surface area contributed by atoms with Crippen molar-refractivity contribution in [3.05, 3.63) is 98.4 Å². The smallest absolute Gasteiger partial charge is 0.200 e. The van der Waals surface area contributed by atoms with Gasteiger partial charge >= 0.3 is 0 Å². The third kappa shape index (κ3) is 4.63. The highest BCUT2D eigenvalue weighted by atomic mass is 35.5. The molecule has 0 bridgehead atoms. The monoisotopic (exact) mass is 520 g/mol. The molecule has 0 amide bonds. The fraction of sp³-hybridized carbons (Fsp3) is 0.233. The van der Waals surface area contributed by atoms with E-state index in [1.807, 2.05) is 13.8 Å². The van der Waals surface area contributed by atoms with Gasteiger partial charge in [-0.3, -0.25) is 4.79 Å². The number of aromatic hydroxyl groups is 1. The number of phenols is 1. The molecule has 37 heavy (non-hydrogen) atoms. The van der Waals surface area contributed by atoms with Crippen molar-refractivity contribution in [3.63, 3.8) is 0 Å². The van der Waals surface area contributed by atoms with Gasteiger partial charge in [0.05, 0.1) is 16.2 Å². The molecular weight excluding hydrogens is 495 g/mol. The minimum Gasteiger partial charge on any atom is -0.506 e. The average Bonchev–Trinajstić information content (AvgIpc) is 2.83.